The van der Waals surface area contributed by atoms with Crippen molar-refractivity contribution in [2.24, 2.45) is 0 Å². The van der Waals surface area contributed by atoms with Gasteiger partial charge in [-0.3, -0.25) is 0 Å². The molecule has 0 aliphatic heterocycles. The van der Waals surface area contributed by atoms with Crippen LogP contribution in [0.4, 0.5) is 0 Å². The minimum Gasteiger partial charge on any atom is -0.220 e. The van der Waals surface area contributed by atoms with E-state index in [9.17, 15) is 0 Å². The lowest BCUT2D eigenvalue weighted by Crippen LogP contribution is -2.21. The van der Waals surface area contributed by atoms with E-state index >= 15 is 0 Å². The monoisotopic (exact) mass is 159 g/mol. The van der Waals surface area contributed by atoms with E-state index in [1.165, 1.54) is 0 Å². The first-order valence-electron chi connectivity index (χ1n) is 3.32. The van der Waals surface area contributed by atoms with Gasteiger partial charge in [-0.05, 0) is 24.6 Å². The van der Waals surface area contributed by atoms with Crippen molar-refractivity contribution in [2.45, 2.75) is 18.9 Å². The third-order valence-corrected chi connectivity index (χ3v) is 1.66. The van der Waals surface area contributed by atoms with E-state index in [0.717, 1.165) is 12.8 Å². The van der Waals surface area contributed by atoms with E-state index in [2.05, 4.69) is 13.2 Å². The third-order valence-electron chi connectivity index (χ3n) is 1.38. The Hall–Kier alpha value is -0.270. The highest BCUT2D eigenvalue weighted by atomic mass is 35.5. The first kappa shape index (κ1) is 9.73. The summed E-state index contributed by atoms with van der Waals surface area (Å²) in [5.41, 5.74) is 0. The zero-order valence-electron chi connectivity index (χ0n) is 6.39. The molecular weight excluding hydrogens is 146 g/mol. The van der Waals surface area contributed by atoms with E-state index in [1.54, 1.807) is 4.42 Å². The molecule has 0 radical (unpaired) electrons. The van der Waals surface area contributed by atoms with Crippen molar-refractivity contribution in [3.05, 3.63) is 25.3 Å². The minimum atomic E-state index is 0.344. The van der Waals surface area contributed by atoms with Crippen LogP contribution in [-0.4, -0.2) is 17.5 Å². The van der Waals surface area contributed by atoms with Gasteiger partial charge in [-0.2, -0.15) is 0 Å². The predicted octanol–water partition coefficient (Wildman–Crippen LogP) is 2.59. The summed E-state index contributed by atoms with van der Waals surface area (Å²) in [7, 11) is 1.85. The minimum absolute atomic E-state index is 0.344. The van der Waals surface area contributed by atoms with Crippen LogP contribution < -0.4 is 0 Å². The molecule has 2 heteroatoms. The Bertz CT molecular complexity index is 99.8. The van der Waals surface area contributed by atoms with Crippen LogP contribution in [0.2, 0.25) is 0 Å². The third kappa shape index (κ3) is 3.70. The molecule has 0 amide bonds. The zero-order valence-corrected chi connectivity index (χ0v) is 7.14. The van der Waals surface area contributed by atoms with Gasteiger partial charge in [0.15, 0.2) is 0 Å². The van der Waals surface area contributed by atoms with Gasteiger partial charge >= 0.3 is 0 Å². The lowest BCUT2D eigenvalue weighted by molar-refractivity contribution is 0.399. The van der Waals surface area contributed by atoms with Gasteiger partial charge in [0.05, 0.1) is 0 Å². The van der Waals surface area contributed by atoms with E-state index in [0.29, 0.717) is 6.04 Å². The van der Waals surface area contributed by atoms with Crippen LogP contribution in [0.1, 0.15) is 12.8 Å². The van der Waals surface area contributed by atoms with E-state index < -0.39 is 0 Å². The Labute approximate surface area is 68.1 Å². The highest BCUT2D eigenvalue weighted by Crippen LogP contribution is 2.09. The maximum Gasteiger partial charge on any atom is 0.0317 e. The highest BCUT2D eigenvalue weighted by molar-refractivity contribution is 6.13. The van der Waals surface area contributed by atoms with Crippen LogP contribution in [0.15, 0.2) is 25.3 Å². The van der Waals surface area contributed by atoms with Crippen LogP contribution in [0, 0.1) is 0 Å². The van der Waals surface area contributed by atoms with Crippen LogP contribution in [0.5, 0.6) is 0 Å². The van der Waals surface area contributed by atoms with Crippen molar-refractivity contribution in [3.8, 4) is 0 Å². The number of rotatable bonds is 5. The number of halogens is 1. The number of hydrogen-bond acceptors (Lipinski definition) is 1. The van der Waals surface area contributed by atoms with Crippen molar-refractivity contribution < 1.29 is 0 Å². The van der Waals surface area contributed by atoms with Crippen molar-refractivity contribution in [3.63, 3.8) is 0 Å². The summed E-state index contributed by atoms with van der Waals surface area (Å²) in [6.07, 6.45) is 5.55. The summed E-state index contributed by atoms with van der Waals surface area (Å²) in [6, 6.07) is 0.344. The average molecular weight is 160 g/mol. The molecule has 0 aliphatic rings. The largest absolute Gasteiger partial charge is 0.220 e. The molecule has 0 N–H and O–H groups in total. The molecule has 0 rings (SSSR count). The lowest BCUT2D eigenvalue weighted by Gasteiger charge is -2.17. The van der Waals surface area contributed by atoms with E-state index in [-0.39, 0.29) is 0 Å². The quantitative estimate of drug-likeness (QED) is 0.440. The van der Waals surface area contributed by atoms with Crippen LogP contribution in [0.3, 0.4) is 0 Å². The Balaban J connectivity index is 3.70. The van der Waals surface area contributed by atoms with Gasteiger partial charge in [0.25, 0.3) is 0 Å². The Morgan fingerprint density at radius 3 is 2.00 bits per heavy atom. The molecule has 0 saturated heterocycles. The molecule has 0 saturated carbocycles. The summed E-state index contributed by atoms with van der Waals surface area (Å²) >= 11 is 5.74. The van der Waals surface area contributed by atoms with E-state index in [1.807, 2.05) is 19.2 Å². The molecule has 0 aliphatic carbocycles. The molecule has 1 nitrogen and oxygen atoms in total. The summed E-state index contributed by atoms with van der Waals surface area (Å²) < 4.78 is 1.67. The van der Waals surface area contributed by atoms with Gasteiger partial charge in [-0.25, -0.2) is 4.42 Å². The van der Waals surface area contributed by atoms with Crippen molar-refractivity contribution in [1.29, 1.82) is 0 Å². The van der Waals surface area contributed by atoms with Gasteiger partial charge in [0.2, 0.25) is 0 Å². The molecule has 10 heavy (non-hydrogen) atoms. The number of nitrogens with zero attached hydrogens (tertiary/aromatic N) is 1. The Kier molecular flexibility index (Phi) is 5.36. The van der Waals surface area contributed by atoms with Gasteiger partial charge in [-0.15, -0.1) is 13.2 Å². The van der Waals surface area contributed by atoms with Crippen molar-refractivity contribution in [1.82, 2.24) is 4.42 Å². The lowest BCUT2D eigenvalue weighted by atomic mass is 10.1. The summed E-state index contributed by atoms with van der Waals surface area (Å²) in [6.45, 7) is 7.29. The topological polar surface area (TPSA) is 3.24 Å². The first-order chi connectivity index (χ1) is 4.72. The molecule has 0 atom stereocenters. The average Bonchev–Trinajstić information content (AvgIpc) is 1.87. The maximum atomic E-state index is 5.74. The van der Waals surface area contributed by atoms with Crippen molar-refractivity contribution in [2.75, 3.05) is 7.05 Å². The van der Waals surface area contributed by atoms with Crippen LogP contribution in [0.25, 0.3) is 0 Å². The standard InChI is InChI=1S/C8H14ClN/c1-4-6-8(7-5-2)10(3)9/h4-5,8H,1-2,6-7H2,3H3. The molecule has 0 bridgehead atoms. The van der Waals surface area contributed by atoms with Gasteiger partial charge < -0.3 is 0 Å². The van der Waals surface area contributed by atoms with Gasteiger partial charge in [0, 0.05) is 13.1 Å². The molecule has 0 unspecified atom stereocenters. The smallest absolute Gasteiger partial charge is 0.0317 e. The molecule has 0 aromatic carbocycles. The SMILES string of the molecule is C=CCC(CC=C)N(C)Cl. The summed E-state index contributed by atoms with van der Waals surface area (Å²) in [4.78, 5) is 0. The summed E-state index contributed by atoms with van der Waals surface area (Å²) in [5, 5.41) is 0. The fourth-order valence-electron chi connectivity index (χ4n) is 0.771. The molecule has 0 heterocycles. The first-order valence-corrected chi connectivity index (χ1v) is 3.66. The highest BCUT2D eigenvalue weighted by Gasteiger charge is 2.07. The second-order valence-electron chi connectivity index (χ2n) is 2.23. The van der Waals surface area contributed by atoms with Crippen LogP contribution in [-0.2, 0) is 0 Å². The fourth-order valence-corrected chi connectivity index (χ4v) is 0.931. The van der Waals surface area contributed by atoms with Gasteiger partial charge in [0.1, 0.15) is 0 Å². The Morgan fingerprint density at radius 1 is 1.40 bits per heavy atom. The van der Waals surface area contributed by atoms with Gasteiger partial charge in [-0.1, -0.05) is 12.2 Å². The maximum absolute atomic E-state index is 5.74. The van der Waals surface area contributed by atoms with Crippen LogP contribution >= 0.6 is 11.8 Å². The molecule has 0 spiro atoms. The summed E-state index contributed by atoms with van der Waals surface area (Å²) in [5.74, 6) is 0. The normalized spacial score (nSPS) is 10.4. The fraction of sp³-hybridized carbons (Fsp3) is 0.500. The Morgan fingerprint density at radius 2 is 1.80 bits per heavy atom. The molecule has 0 fully saturated rings. The predicted molar refractivity (Wildman–Crippen MR) is 47.0 cm³/mol. The van der Waals surface area contributed by atoms with E-state index in [4.69, 9.17) is 11.8 Å². The molecule has 0 aromatic heterocycles. The molecule has 58 valence electrons. The van der Waals surface area contributed by atoms with Crippen molar-refractivity contribution >= 4 is 11.8 Å². The second-order valence-corrected chi connectivity index (χ2v) is 2.76. The molecular formula is C8H14ClN. The second kappa shape index (κ2) is 5.51. The number of hydrogen-bond donors (Lipinski definition) is 0. The molecule has 0 aromatic rings. The zero-order chi connectivity index (χ0) is 7.98.